The highest BCUT2D eigenvalue weighted by molar-refractivity contribution is 5.68. The van der Waals surface area contributed by atoms with Gasteiger partial charge in [-0.25, -0.2) is 4.79 Å². The summed E-state index contributed by atoms with van der Waals surface area (Å²) >= 11 is 0. The maximum Gasteiger partial charge on any atom is 0.410 e. The summed E-state index contributed by atoms with van der Waals surface area (Å²) in [6.07, 6.45) is -0.293. The van der Waals surface area contributed by atoms with Crippen LogP contribution in [0.2, 0.25) is 0 Å². The lowest BCUT2D eigenvalue weighted by molar-refractivity contribution is 0.0283. The van der Waals surface area contributed by atoms with Crippen LogP contribution in [0.4, 0.5) is 4.79 Å². The summed E-state index contributed by atoms with van der Waals surface area (Å²) < 4.78 is 5.47. The molecule has 0 aromatic heterocycles. The average Bonchev–Trinajstić information content (AvgIpc) is 2.90. The van der Waals surface area contributed by atoms with E-state index in [1.54, 1.807) is 4.90 Å². The summed E-state index contributed by atoms with van der Waals surface area (Å²) in [5, 5.41) is 9.73. The van der Waals surface area contributed by atoms with Gasteiger partial charge in [-0.3, -0.25) is 0 Å². The van der Waals surface area contributed by atoms with Crippen molar-refractivity contribution in [2.45, 2.75) is 52.1 Å². The zero-order valence-electron chi connectivity index (χ0n) is 14.9. The third kappa shape index (κ3) is 4.47. The van der Waals surface area contributed by atoms with E-state index in [0.29, 0.717) is 19.0 Å². The molecule has 128 valence electrons. The largest absolute Gasteiger partial charge is 0.444 e. The van der Waals surface area contributed by atoms with Gasteiger partial charge in [0.1, 0.15) is 5.60 Å². The molecule has 0 saturated carbocycles. The molecule has 1 aliphatic rings. The van der Waals surface area contributed by atoms with Gasteiger partial charge in [-0.15, -0.1) is 0 Å². The van der Waals surface area contributed by atoms with Crippen LogP contribution in [-0.4, -0.2) is 41.4 Å². The number of amides is 1. The van der Waals surface area contributed by atoms with Crippen molar-refractivity contribution < 1.29 is 14.6 Å². The van der Waals surface area contributed by atoms with Crippen molar-refractivity contribution in [2.75, 3.05) is 19.7 Å². The molecule has 0 aliphatic carbocycles. The van der Waals surface area contributed by atoms with Crippen LogP contribution in [0.5, 0.6) is 0 Å². The minimum absolute atomic E-state index is 0.0601. The first-order valence-electron chi connectivity index (χ1n) is 8.40. The Kier molecular flexibility index (Phi) is 5.35. The topological polar surface area (TPSA) is 49.8 Å². The molecule has 0 radical (unpaired) electrons. The Morgan fingerprint density at radius 2 is 2.04 bits per heavy atom. The SMILES string of the molecule is CC(C)c1cccc(C2CN(C(=O)OC(C)(C)C)CC2CO)c1. The van der Waals surface area contributed by atoms with Gasteiger partial charge in [-0.2, -0.15) is 0 Å². The van der Waals surface area contributed by atoms with Crippen LogP contribution >= 0.6 is 0 Å². The smallest absolute Gasteiger partial charge is 0.410 e. The molecule has 1 aromatic rings. The molecule has 2 atom stereocenters. The minimum Gasteiger partial charge on any atom is -0.444 e. The summed E-state index contributed by atoms with van der Waals surface area (Å²) in [6, 6.07) is 8.49. The van der Waals surface area contributed by atoms with Crippen LogP contribution < -0.4 is 0 Å². The minimum atomic E-state index is -0.499. The summed E-state index contributed by atoms with van der Waals surface area (Å²) in [7, 11) is 0. The predicted molar refractivity (Wildman–Crippen MR) is 91.7 cm³/mol. The van der Waals surface area contributed by atoms with Gasteiger partial charge in [0, 0.05) is 31.5 Å². The van der Waals surface area contributed by atoms with Gasteiger partial charge >= 0.3 is 6.09 Å². The van der Waals surface area contributed by atoms with E-state index in [-0.39, 0.29) is 24.5 Å². The number of likely N-dealkylation sites (tertiary alicyclic amines) is 1. The van der Waals surface area contributed by atoms with Gasteiger partial charge in [0.15, 0.2) is 0 Å². The average molecular weight is 319 g/mol. The number of ether oxygens (including phenoxy) is 1. The lowest BCUT2D eigenvalue weighted by Gasteiger charge is -2.24. The molecule has 2 rings (SSSR count). The highest BCUT2D eigenvalue weighted by Crippen LogP contribution is 2.34. The monoisotopic (exact) mass is 319 g/mol. The second kappa shape index (κ2) is 6.91. The number of nitrogens with zero attached hydrogens (tertiary/aromatic N) is 1. The highest BCUT2D eigenvalue weighted by atomic mass is 16.6. The van der Waals surface area contributed by atoms with Crippen molar-refractivity contribution in [2.24, 2.45) is 5.92 Å². The number of aliphatic hydroxyl groups is 1. The van der Waals surface area contributed by atoms with E-state index in [0.717, 1.165) is 0 Å². The molecule has 1 N–H and O–H groups in total. The van der Waals surface area contributed by atoms with Gasteiger partial charge < -0.3 is 14.7 Å². The molecule has 1 heterocycles. The standard InChI is InChI=1S/C19H29NO3/c1-13(2)14-7-6-8-15(9-14)17-11-20(10-16(17)12-21)18(22)23-19(3,4)5/h6-9,13,16-17,21H,10-12H2,1-5H3. The van der Waals surface area contributed by atoms with Crippen LogP contribution in [0.1, 0.15) is 57.6 Å². The van der Waals surface area contributed by atoms with Gasteiger partial charge in [-0.1, -0.05) is 38.1 Å². The number of benzene rings is 1. The van der Waals surface area contributed by atoms with Gasteiger partial charge in [-0.05, 0) is 37.8 Å². The van der Waals surface area contributed by atoms with E-state index in [2.05, 4.69) is 38.1 Å². The predicted octanol–water partition coefficient (Wildman–Crippen LogP) is 3.75. The zero-order valence-corrected chi connectivity index (χ0v) is 14.9. The van der Waals surface area contributed by atoms with Crippen molar-refractivity contribution in [1.82, 2.24) is 4.90 Å². The molecular weight excluding hydrogens is 290 g/mol. The van der Waals surface area contributed by atoms with Gasteiger partial charge in [0.05, 0.1) is 0 Å². The lowest BCUT2D eigenvalue weighted by Crippen LogP contribution is -2.35. The number of aliphatic hydroxyl groups excluding tert-OH is 1. The molecule has 1 aromatic carbocycles. The number of carbonyl (C=O) groups excluding carboxylic acids is 1. The zero-order chi connectivity index (χ0) is 17.2. The molecule has 1 fully saturated rings. The molecule has 0 bridgehead atoms. The molecule has 4 heteroatoms. The van der Waals surface area contributed by atoms with Crippen LogP contribution in [0.3, 0.4) is 0 Å². The Morgan fingerprint density at radius 1 is 1.35 bits per heavy atom. The fourth-order valence-corrected chi connectivity index (χ4v) is 3.06. The van der Waals surface area contributed by atoms with E-state index in [9.17, 15) is 9.90 Å². The van der Waals surface area contributed by atoms with E-state index in [4.69, 9.17) is 4.74 Å². The fourth-order valence-electron chi connectivity index (χ4n) is 3.06. The first-order valence-corrected chi connectivity index (χ1v) is 8.40. The molecule has 4 nitrogen and oxygen atoms in total. The Hall–Kier alpha value is -1.55. The van der Waals surface area contributed by atoms with E-state index >= 15 is 0 Å². The van der Waals surface area contributed by atoms with E-state index in [1.807, 2.05) is 20.8 Å². The third-order valence-corrected chi connectivity index (χ3v) is 4.33. The Labute approximate surface area is 139 Å². The second-order valence-corrected chi connectivity index (χ2v) is 7.76. The number of hydrogen-bond acceptors (Lipinski definition) is 3. The van der Waals surface area contributed by atoms with Gasteiger partial charge in [0.2, 0.25) is 0 Å². The molecule has 1 amide bonds. The summed E-state index contributed by atoms with van der Waals surface area (Å²) in [4.78, 5) is 14.0. The molecule has 1 aliphatic heterocycles. The first-order chi connectivity index (χ1) is 10.7. The number of rotatable bonds is 3. The molecular formula is C19H29NO3. The maximum atomic E-state index is 12.3. The van der Waals surface area contributed by atoms with Crippen molar-refractivity contribution in [3.8, 4) is 0 Å². The second-order valence-electron chi connectivity index (χ2n) is 7.76. The van der Waals surface area contributed by atoms with Crippen molar-refractivity contribution in [3.63, 3.8) is 0 Å². The maximum absolute atomic E-state index is 12.3. The highest BCUT2D eigenvalue weighted by Gasteiger charge is 2.37. The fraction of sp³-hybridized carbons (Fsp3) is 0.632. The quantitative estimate of drug-likeness (QED) is 0.923. The molecule has 23 heavy (non-hydrogen) atoms. The normalized spacial score (nSPS) is 21.8. The van der Waals surface area contributed by atoms with Crippen LogP contribution in [0.15, 0.2) is 24.3 Å². The van der Waals surface area contributed by atoms with Crippen LogP contribution in [0.25, 0.3) is 0 Å². The number of hydrogen-bond donors (Lipinski definition) is 1. The molecule has 0 spiro atoms. The molecule has 2 unspecified atom stereocenters. The van der Waals surface area contributed by atoms with E-state index in [1.165, 1.54) is 11.1 Å². The summed E-state index contributed by atoms with van der Waals surface area (Å²) in [5.74, 6) is 0.682. The Balaban J connectivity index is 2.16. The Morgan fingerprint density at radius 3 is 2.61 bits per heavy atom. The number of carbonyl (C=O) groups is 1. The third-order valence-electron chi connectivity index (χ3n) is 4.33. The summed E-state index contributed by atoms with van der Waals surface area (Å²) in [5.41, 5.74) is 1.98. The van der Waals surface area contributed by atoms with Crippen LogP contribution in [0, 0.1) is 5.92 Å². The van der Waals surface area contributed by atoms with E-state index < -0.39 is 5.60 Å². The van der Waals surface area contributed by atoms with Crippen molar-refractivity contribution >= 4 is 6.09 Å². The first kappa shape index (κ1) is 17.8. The lowest BCUT2D eigenvalue weighted by atomic mass is 9.87. The van der Waals surface area contributed by atoms with Gasteiger partial charge in [0.25, 0.3) is 0 Å². The molecule has 1 saturated heterocycles. The van der Waals surface area contributed by atoms with Crippen LogP contribution in [-0.2, 0) is 4.74 Å². The summed E-state index contributed by atoms with van der Waals surface area (Å²) in [6.45, 7) is 11.2. The van der Waals surface area contributed by atoms with Crippen molar-refractivity contribution in [3.05, 3.63) is 35.4 Å². The Bertz CT molecular complexity index is 548. The van der Waals surface area contributed by atoms with Crippen molar-refractivity contribution in [1.29, 1.82) is 0 Å².